The van der Waals surface area contributed by atoms with Gasteiger partial charge in [-0.15, -0.1) is 0 Å². The van der Waals surface area contributed by atoms with Gasteiger partial charge in [0.25, 0.3) is 0 Å². The van der Waals surface area contributed by atoms with Gasteiger partial charge in [0.15, 0.2) is 0 Å². The van der Waals surface area contributed by atoms with Crippen molar-refractivity contribution in [1.82, 2.24) is 0 Å². The number of hydrogen-bond acceptors (Lipinski definition) is 3. The van der Waals surface area contributed by atoms with Crippen LogP contribution >= 0.6 is 0 Å². The number of likely N-dealkylation sites (N-methyl/N-ethyl adjacent to an activating group) is 1. The van der Waals surface area contributed by atoms with Crippen LogP contribution in [-0.2, 0) is 4.74 Å². The first-order chi connectivity index (χ1) is 8.60. The lowest BCUT2D eigenvalue weighted by atomic mass is 10.1. The minimum atomic E-state index is -0.646. The fourth-order valence-electron chi connectivity index (χ4n) is 1.81. The van der Waals surface area contributed by atoms with E-state index in [2.05, 4.69) is 0 Å². The Labute approximate surface area is 108 Å². The van der Waals surface area contributed by atoms with Gasteiger partial charge in [-0.2, -0.15) is 0 Å². The molecule has 0 amide bonds. The van der Waals surface area contributed by atoms with Crippen LogP contribution < -0.4 is 4.90 Å². The van der Waals surface area contributed by atoms with E-state index in [-0.39, 0.29) is 5.82 Å². The van der Waals surface area contributed by atoms with E-state index in [1.165, 1.54) is 6.07 Å². The number of rotatable bonds is 7. The van der Waals surface area contributed by atoms with Crippen LogP contribution in [0.15, 0.2) is 18.2 Å². The molecule has 1 rings (SSSR count). The number of aliphatic hydroxyl groups is 1. The molecule has 1 aromatic carbocycles. The van der Waals surface area contributed by atoms with Crippen LogP contribution in [0.25, 0.3) is 0 Å². The molecule has 0 spiro atoms. The maximum Gasteiger partial charge on any atom is 0.146 e. The van der Waals surface area contributed by atoms with Gasteiger partial charge in [0.2, 0.25) is 0 Å². The second-order valence-electron chi connectivity index (χ2n) is 4.16. The van der Waals surface area contributed by atoms with Crippen LogP contribution in [0.2, 0.25) is 0 Å². The summed E-state index contributed by atoms with van der Waals surface area (Å²) in [6, 6.07) is 4.86. The van der Waals surface area contributed by atoms with Crippen LogP contribution in [0.3, 0.4) is 0 Å². The van der Waals surface area contributed by atoms with Gasteiger partial charge in [0.1, 0.15) is 5.82 Å². The van der Waals surface area contributed by atoms with Crippen LogP contribution in [0.5, 0.6) is 0 Å². The lowest BCUT2D eigenvalue weighted by Crippen LogP contribution is -2.28. The Morgan fingerprint density at radius 2 is 2.11 bits per heavy atom. The van der Waals surface area contributed by atoms with Gasteiger partial charge in [-0.1, -0.05) is 6.07 Å². The summed E-state index contributed by atoms with van der Waals surface area (Å²) in [6.45, 7) is 8.18. The molecule has 0 fully saturated rings. The molecule has 1 N–H and O–H groups in total. The van der Waals surface area contributed by atoms with Crippen molar-refractivity contribution in [3.63, 3.8) is 0 Å². The first kappa shape index (κ1) is 14.9. The number of aliphatic hydroxyl groups excluding tert-OH is 1. The first-order valence-corrected chi connectivity index (χ1v) is 6.40. The van der Waals surface area contributed by atoms with Crippen LogP contribution in [0.1, 0.15) is 32.4 Å². The molecule has 3 nitrogen and oxygen atoms in total. The minimum Gasteiger partial charge on any atom is -0.389 e. The highest BCUT2D eigenvalue weighted by molar-refractivity contribution is 5.49. The van der Waals surface area contributed by atoms with Gasteiger partial charge in [-0.3, -0.25) is 0 Å². The van der Waals surface area contributed by atoms with Gasteiger partial charge in [0, 0.05) is 19.7 Å². The second kappa shape index (κ2) is 7.34. The Kier molecular flexibility index (Phi) is 6.09. The largest absolute Gasteiger partial charge is 0.389 e. The molecule has 0 saturated heterocycles. The van der Waals surface area contributed by atoms with E-state index in [1.54, 1.807) is 19.1 Å². The lowest BCUT2D eigenvalue weighted by Gasteiger charge is -2.24. The van der Waals surface area contributed by atoms with Crippen molar-refractivity contribution in [2.45, 2.75) is 26.9 Å². The fraction of sp³-hybridized carbons (Fsp3) is 0.571. The van der Waals surface area contributed by atoms with Crippen molar-refractivity contribution in [2.75, 3.05) is 31.2 Å². The Balaban J connectivity index is 2.79. The topological polar surface area (TPSA) is 32.7 Å². The van der Waals surface area contributed by atoms with Crippen LogP contribution in [0.4, 0.5) is 10.1 Å². The number of nitrogens with zero attached hydrogens (tertiary/aromatic N) is 1. The Morgan fingerprint density at radius 1 is 1.39 bits per heavy atom. The van der Waals surface area contributed by atoms with Gasteiger partial charge in [0.05, 0.1) is 18.4 Å². The van der Waals surface area contributed by atoms with Crippen LogP contribution in [0, 0.1) is 5.82 Å². The lowest BCUT2D eigenvalue weighted by molar-refractivity contribution is 0.154. The Hall–Kier alpha value is -1.13. The van der Waals surface area contributed by atoms with E-state index in [1.807, 2.05) is 18.7 Å². The first-order valence-electron chi connectivity index (χ1n) is 6.40. The molecule has 18 heavy (non-hydrogen) atoms. The molecule has 0 aliphatic rings. The molecule has 1 aromatic rings. The second-order valence-corrected chi connectivity index (χ2v) is 4.16. The zero-order valence-electron chi connectivity index (χ0n) is 11.3. The van der Waals surface area contributed by atoms with Crippen LogP contribution in [-0.4, -0.2) is 31.4 Å². The molecule has 0 radical (unpaired) electrons. The molecule has 0 unspecified atom stereocenters. The predicted molar refractivity (Wildman–Crippen MR) is 71.4 cm³/mol. The SMILES string of the molecule is CCOCCN(CC)c1ccc([C@@H](C)O)cc1F. The van der Waals surface area contributed by atoms with Gasteiger partial charge >= 0.3 is 0 Å². The summed E-state index contributed by atoms with van der Waals surface area (Å²) in [6.07, 6.45) is -0.646. The molecule has 0 aliphatic heterocycles. The maximum atomic E-state index is 14.0. The summed E-state index contributed by atoms with van der Waals surface area (Å²) in [4.78, 5) is 1.93. The molecule has 4 heteroatoms. The van der Waals surface area contributed by atoms with E-state index in [9.17, 15) is 9.50 Å². The third-order valence-corrected chi connectivity index (χ3v) is 2.89. The molecular formula is C14H22FNO2. The molecule has 1 atom stereocenters. The van der Waals surface area contributed by atoms with E-state index in [0.717, 1.165) is 6.54 Å². The summed E-state index contributed by atoms with van der Waals surface area (Å²) in [5.74, 6) is -0.299. The average Bonchev–Trinajstić information content (AvgIpc) is 2.35. The molecule has 0 aliphatic carbocycles. The van der Waals surface area contributed by atoms with Crippen molar-refractivity contribution in [2.24, 2.45) is 0 Å². The summed E-state index contributed by atoms with van der Waals surface area (Å²) in [7, 11) is 0. The summed E-state index contributed by atoms with van der Waals surface area (Å²) >= 11 is 0. The number of halogens is 1. The number of ether oxygens (including phenoxy) is 1. The van der Waals surface area contributed by atoms with Crippen molar-refractivity contribution < 1.29 is 14.2 Å². The molecule has 0 bridgehead atoms. The van der Waals surface area contributed by atoms with Gasteiger partial charge in [-0.05, 0) is 38.5 Å². The highest BCUT2D eigenvalue weighted by Crippen LogP contribution is 2.23. The zero-order valence-corrected chi connectivity index (χ0v) is 11.3. The quantitative estimate of drug-likeness (QED) is 0.760. The standard InChI is InChI=1S/C14H22FNO2/c1-4-16(8-9-18-5-2)14-7-6-12(11(3)17)10-13(14)15/h6-7,10-11,17H,4-5,8-9H2,1-3H3/t11-/m1/s1. The molecular weight excluding hydrogens is 233 g/mol. The molecule has 0 saturated carbocycles. The van der Waals surface area contributed by atoms with E-state index < -0.39 is 6.10 Å². The summed E-state index contributed by atoms with van der Waals surface area (Å²) < 4.78 is 19.2. The molecule has 102 valence electrons. The van der Waals surface area contributed by atoms with Crippen molar-refractivity contribution in [1.29, 1.82) is 0 Å². The van der Waals surface area contributed by atoms with E-state index in [0.29, 0.717) is 31.0 Å². The zero-order chi connectivity index (χ0) is 13.5. The average molecular weight is 255 g/mol. The maximum absolute atomic E-state index is 14.0. The number of anilines is 1. The van der Waals surface area contributed by atoms with Crippen molar-refractivity contribution in [3.05, 3.63) is 29.6 Å². The summed E-state index contributed by atoms with van der Waals surface area (Å²) in [5, 5.41) is 9.41. The van der Waals surface area contributed by atoms with Gasteiger partial charge < -0.3 is 14.7 Å². The van der Waals surface area contributed by atoms with Gasteiger partial charge in [-0.25, -0.2) is 4.39 Å². The Bertz CT molecular complexity index is 369. The third-order valence-electron chi connectivity index (χ3n) is 2.89. The molecule has 0 heterocycles. The van der Waals surface area contributed by atoms with E-state index in [4.69, 9.17) is 4.74 Å². The highest BCUT2D eigenvalue weighted by Gasteiger charge is 2.12. The number of hydrogen-bond donors (Lipinski definition) is 1. The number of benzene rings is 1. The molecule has 0 aromatic heterocycles. The fourth-order valence-corrected chi connectivity index (χ4v) is 1.81. The summed E-state index contributed by atoms with van der Waals surface area (Å²) in [5.41, 5.74) is 1.15. The highest BCUT2D eigenvalue weighted by atomic mass is 19.1. The minimum absolute atomic E-state index is 0.299. The Morgan fingerprint density at radius 3 is 2.61 bits per heavy atom. The predicted octanol–water partition coefficient (Wildman–Crippen LogP) is 2.74. The smallest absolute Gasteiger partial charge is 0.146 e. The van der Waals surface area contributed by atoms with E-state index >= 15 is 0 Å². The monoisotopic (exact) mass is 255 g/mol. The normalized spacial score (nSPS) is 12.5. The third kappa shape index (κ3) is 3.96. The van der Waals surface area contributed by atoms with Crippen molar-refractivity contribution >= 4 is 5.69 Å². The van der Waals surface area contributed by atoms with Crippen molar-refractivity contribution in [3.8, 4) is 0 Å².